The van der Waals surface area contributed by atoms with Gasteiger partial charge in [-0.3, -0.25) is 9.69 Å². The Labute approximate surface area is 94.4 Å². The third-order valence-corrected chi connectivity index (χ3v) is 3.21. The van der Waals surface area contributed by atoms with E-state index in [2.05, 4.69) is 4.90 Å². The van der Waals surface area contributed by atoms with Gasteiger partial charge in [0.25, 0.3) is 0 Å². The summed E-state index contributed by atoms with van der Waals surface area (Å²) < 4.78 is 0. The van der Waals surface area contributed by atoms with Gasteiger partial charge < -0.3 is 14.9 Å². The SMILES string of the molecule is O=C(O)N1CCN(C(=O)CN2CCC2)CC1. The molecule has 2 saturated heterocycles. The fourth-order valence-corrected chi connectivity index (χ4v) is 1.98. The first-order valence-corrected chi connectivity index (χ1v) is 5.65. The maximum absolute atomic E-state index is 11.8. The molecule has 0 atom stereocenters. The second kappa shape index (κ2) is 4.69. The number of likely N-dealkylation sites (tertiary alicyclic amines) is 1. The number of hydrogen-bond donors (Lipinski definition) is 1. The maximum Gasteiger partial charge on any atom is 0.407 e. The fraction of sp³-hybridized carbons (Fsp3) is 0.800. The fourth-order valence-electron chi connectivity index (χ4n) is 1.98. The number of carbonyl (C=O) groups is 2. The van der Waals surface area contributed by atoms with E-state index in [0.29, 0.717) is 32.7 Å². The third-order valence-electron chi connectivity index (χ3n) is 3.21. The molecule has 90 valence electrons. The monoisotopic (exact) mass is 227 g/mol. The van der Waals surface area contributed by atoms with E-state index >= 15 is 0 Å². The number of hydrogen-bond acceptors (Lipinski definition) is 3. The Morgan fingerprint density at radius 3 is 1.94 bits per heavy atom. The van der Waals surface area contributed by atoms with Crippen molar-refractivity contribution in [2.24, 2.45) is 0 Å². The van der Waals surface area contributed by atoms with E-state index < -0.39 is 6.09 Å². The highest BCUT2D eigenvalue weighted by Crippen LogP contribution is 2.08. The van der Waals surface area contributed by atoms with Crippen molar-refractivity contribution in [1.29, 1.82) is 0 Å². The summed E-state index contributed by atoms with van der Waals surface area (Å²) in [6, 6.07) is 0. The molecule has 6 nitrogen and oxygen atoms in total. The number of piperazine rings is 1. The molecule has 2 heterocycles. The van der Waals surface area contributed by atoms with Crippen molar-refractivity contribution in [3.63, 3.8) is 0 Å². The summed E-state index contributed by atoms with van der Waals surface area (Å²) in [7, 11) is 0. The highest BCUT2D eigenvalue weighted by atomic mass is 16.4. The molecule has 16 heavy (non-hydrogen) atoms. The molecule has 0 aromatic carbocycles. The molecule has 2 aliphatic rings. The van der Waals surface area contributed by atoms with Crippen molar-refractivity contribution in [2.45, 2.75) is 6.42 Å². The van der Waals surface area contributed by atoms with Gasteiger partial charge in [0.2, 0.25) is 5.91 Å². The summed E-state index contributed by atoms with van der Waals surface area (Å²) in [6.45, 7) is 4.44. The Morgan fingerprint density at radius 2 is 1.50 bits per heavy atom. The average Bonchev–Trinajstić information content (AvgIpc) is 2.23. The van der Waals surface area contributed by atoms with Gasteiger partial charge in [0.15, 0.2) is 0 Å². The van der Waals surface area contributed by atoms with E-state index in [4.69, 9.17) is 5.11 Å². The molecule has 2 amide bonds. The molecule has 0 unspecified atom stereocenters. The molecule has 1 N–H and O–H groups in total. The van der Waals surface area contributed by atoms with Crippen molar-refractivity contribution in [2.75, 3.05) is 45.8 Å². The van der Waals surface area contributed by atoms with Gasteiger partial charge in [-0.25, -0.2) is 4.79 Å². The molecule has 2 aliphatic heterocycles. The summed E-state index contributed by atoms with van der Waals surface area (Å²) in [5.41, 5.74) is 0. The van der Waals surface area contributed by atoms with Gasteiger partial charge in [-0.15, -0.1) is 0 Å². The smallest absolute Gasteiger partial charge is 0.407 e. The van der Waals surface area contributed by atoms with Crippen LogP contribution in [0, 0.1) is 0 Å². The maximum atomic E-state index is 11.8. The molecule has 0 aromatic heterocycles. The lowest BCUT2D eigenvalue weighted by Crippen LogP contribution is -2.53. The molecule has 0 saturated carbocycles. The predicted octanol–water partition coefficient (Wildman–Crippen LogP) is -0.486. The minimum absolute atomic E-state index is 0.129. The van der Waals surface area contributed by atoms with Gasteiger partial charge in [0.1, 0.15) is 0 Å². The topological polar surface area (TPSA) is 64.1 Å². The van der Waals surface area contributed by atoms with Crippen LogP contribution in [0.15, 0.2) is 0 Å². The summed E-state index contributed by atoms with van der Waals surface area (Å²) in [5.74, 6) is 0.129. The minimum Gasteiger partial charge on any atom is -0.465 e. The zero-order valence-corrected chi connectivity index (χ0v) is 9.26. The summed E-state index contributed by atoms with van der Waals surface area (Å²) in [4.78, 5) is 27.7. The predicted molar refractivity (Wildman–Crippen MR) is 57.2 cm³/mol. The minimum atomic E-state index is -0.894. The summed E-state index contributed by atoms with van der Waals surface area (Å²) in [5, 5.41) is 8.77. The van der Waals surface area contributed by atoms with Crippen molar-refractivity contribution in [3.8, 4) is 0 Å². The molecular formula is C10H17N3O3. The highest BCUT2D eigenvalue weighted by molar-refractivity contribution is 5.78. The van der Waals surface area contributed by atoms with E-state index in [1.807, 2.05) is 0 Å². The average molecular weight is 227 g/mol. The van der Waals surface area contributed by atoms with Crippen LogP contribution in [0.25, 0.3) is 0 Å². The zero-order valence-electron chi connectivity index (χ0n) is 9.26. The van der Waals surface area contributed by atoms with Gasteiger partial charge in [0.05, 0.1) is 6.54 Å². The van der Waals surface area contributed by atoms with Gasteiger partial charge >= 0.3 is 6.09 Å². The molecule has 0 aromatic rings. The second-order valence-electron chi connectivity index (χ2n) is 4.28. The van der Waals surface area contributed by atoms with Crippen LogP contribution in [0.3, 0.4) is 0 Å². The molecule has 0 aliphatic carbocycles. The number of nitrogens with zero attached hydrogens (tertiary/aromatic N) is 3. The Balaban J connectivity index is 1.74. The van der Waals surface area contributed by atoms with Crippen LogP contribution in [0.4, 0.5) is 4.79 Å². The first kappa shape index (κ1) is 11.2. The molecule has 0 radical (unpaired) electrons. The van der Waals surface area contributed by atoms with Crippen LogP contribution in [0.5, 0.6) is 0 Å². The normalized spacial score (nSPS) is 21.8. The Morgan fingerprint density at radius 1 is 0.938 bits per heavy atom. The van der Waals surface area contributed by atoms with Crippen molar-refractivity contribution in [1.82, 2.24) is 14.7 Å². The first-order chi connectivity index (χ1) is 7.66. The van der Waals surface area contributed by atoms with Crippen LogP contribution >= 0.6 is 0 Å². The number of rotatable bonds is 2. The number of carbonyl (C=O) groups excluding carboxylic acids is 1. The van der Waals surface area contributed by atoms with Gasteiger partial charge in [0, 0.05) is 26.2 Å². The van der Waals surface area contributed by atoms with E-state index in [1.165, 1.54) is 11.3 Å². The molecule has 0 bridgehead atoms. The zero-order chi connectivity index (χ0) is 11.5. The largest absolute Gasteiger partial charge is 0.465 e. The van der Waals surface area contributed by atoms with Gasteiger partial charge in [-0.1, -0.05) is 0 Å². The van der Waals surface area contributed by atoms with Crippen LogP contribution in [-0.2, 0) is 4.79 Å². The van der Waals surface area contributed by atoms with Crippen LogP contribution in [-0.4, -0.2) is 77.6 Å². The molecule has 2 rings (SSSR count). The molecule has 6 heteroatoms. The number of amides is 2. The summed E-state index contributed by atoms with van der Waals surface area (Å²) in [6.07, 6.45) is 0.287. The molecule has 2 fully saturated rings. The van der Waals surface area contributed by atoms with E-state index in [1.54, 1.807) is 4.90 Å². The van der Waals surface area contributed by atoms with Crippen molar-refractivity contribution < 1.29 is 14.7 Å². The first-order valence-electron chi connectivity index (χ1n) is 5.65. The lowest BCUT2D eigenvalue weighted by Gasteiger charge is -2.36. The lowest BCUT2D eigenvalue weighted by atomic mass is 10.2. The lowest BCUT2D eigenvalue weighted by molar-refractivity contribution is -0.134. The van der Waals surface area contributed by atoms with Crippen molar-refractivity contribution in [3.05, 3.63) is 0 Å². The quantitative estimate of drug-likeness (QED) is 0.691. The Bertz CT molecular complexity index is 283. The Kier molecular flexibility index (Phi) is 3.28. The number of carboxylic acid groups (broad SMARTS) is 1. The molecular weight excluding hydrogens is 210 g/mol. The Hall–Kier alpha value is -1.30. The standard InChI is InChI=1S/C10H17N3O3/c14-9(8-11-2-1-3-11)12-4-6-13(7-5-12)10(15)16/h1-8H2,(H,15,16). The van der Waals surface area contributed by atoms with Gasteiger partial charge in [-0.2, -0.15) is 0 Å². The van der Waals surface area contributed by atoms with Crippen LogP contribution in [0.2, 0.25) is 0 Å². The third kappa shape index (κ3) is 2.44. The van der Waals surface area contributed by atoms with Gasteiger partial charge in [-0.05, 0) is 19.5 Å². The van der Waals surface area contributed by atoms with Crippen molar-refractivity contribution >= 4 is 12.0 Å². The highest BCUT2D eigenvalue weighted by Gasteiger charge is 2.25. The van der Waals surface area contributed by atoms with Crippen LogP contribution < -0.4 is 0 Å². The van der Waals surface area contributed by atoms with E-state index in [9.17, 15) is 9.59 Å². The summed E-state index contributed by atoms with van der Waals surface area (Å²) >= 11 is 0. The second-order valence-corrected chi connectivity index (χ2v) is 4.28. The van der Waals surface area contributed by atoms with E-state index in [0.717, 1.165) is 13.1 Å². The molecule has 0 spiro atoms. The van der Waals surface area contributed by atoms with Crippen LogP contribution in [0.1, 0.15) is 6.42 Å². The van der Waals surface area contributed by atoms with E-state index in [-0.39, 0.29) is 5.91 Å².